The van der Waals surface area contributed by atoms with Gasteiger partial charge in [-0.2, -0.15) is 0 Å². The van der Waals surface area contributed by atoms with E-state index in [0.29, 0.717) is 10.4 Å². The fourth-order valence-electron chi connectivity index (χ4n) is 2.79. The van der Waals surface area contributed by atoms with E-state index in [2.05, 4.69) is 13.8 Å². The Hall–Kier alpha value is -1.09. The molecule has 1 saturated carbocycles. The summed E-state index contributed by atoms with van der Waals surface area (Å²) in [5, 5.41) is 0.382. The molecule has 110 valence electrons. The van der Waals surface area contributed by atoms with Gasteiger partial charge in [0.1, 0.15) is 5.82 Å². The van der Waals surface area contributed by atoms with E-state index >= 15 is 0 Å². The van der Waals surface area contributed by atoms with Crippen LogP contribution in [0.2, 0.25) is 5.02 Å². The Labute approximate surface area is 124 Å². The van der Waals surface area contributed by atoms with Gasteiger partial charge in [-0.05, 0) is 49.3 Å². The Bertz CT molecular complexity index is 505. The lowest BCUT2D eigenvalue weighted by molar-refractivity contribution is 0.0631. The van der Waals surface area contributed by atoms with Gasteiger partial charge in [0.25, 0.3) is 5.91 Å². The van der Waals surface area contributed by atoms with E-state index in [1.165, 1.54) is 18.2 Å². The van der Waals surface area contributed by atoms with Gasteiger partial charge >= 0.3 is 0 Å². The Morgan fingerprint density at radius 1 is 1.35 bits per heavy atom. The summed E-state index contributed by atoms with van der Waals surface area (Å²) < 4.78 is 13.8. The van der Waals surface area contributed by atoms with Crippen molar-refractivity contribution in [2.24, 2.45) is 5.41 Å². The van der Waals surface area contributed by atoms with Crippen molar-refractivity contribution in [1.82, 2.24) is 4.90 Å². The summed E-state index contributed by atoms with van der Waals surface area (Å²) in [4.78, 5) is 14.1. The molecule has 1 aliphatic carbocycles. The average molecular weight is 298 g/mol. The van der Waals surface area contributed by atoms with Crippen molar-refractivity contribution < 1.29 is 9.18 Å². The number of amides is 1. The number of hydrogen-bond acceptors (Lipinski definition) is 1. The second kappa shape index (κ2) is 5.72. The van der Waals surface area contributed by atoms with E-state index < -0.39 is 5.82 Å². The normalized spacial score (nSPS) is 18.9. The predicted molar refractivity (Wildman–Crippen MR) is 79.5 cm³/mol. The highest BCUT2D eigenvalue weighted by Gasteiger charge is 2.31. The molecule has 0 aliphatic heterocycles. The molecule has 0 saturated heterocycles. The summed E-state index contributed by atoms with van der Waals surface area (Å²) in [7, 11) is 1.76. The van der Waals surface area contributed by atoms with Crippen LogP contribution in [0.15, 0.2) is 18.2 Å². The zero-order valence-corrected chi connectivity index (χ0v) is 13.0. The molecule has 0 N–H and O–H groups in total. The van der Waals surface area contributed by atoms with Crippen LogP contribution in [0, 0.1) is 11.2 Å². The summed E-state index contributed by atoms with van der Waals surface area (Å²) in [6.45, 7) is 4.50. The highest BCUT2D eigenvalue weighted by molar-refractivity contribution is 6.31. The minimum absolute atomic E-state index is 0.0600. The molecule has 1 aromatic rings. The van der Waals surface area contributed by atoms with Crippen molar-refractivity contribution in [2.45, 2.75) is 45.6 Å². The molecule has 2 nitrogen and oxygen atoms in total. The van der Waals surface area contributed by atoms with Crippen molar-refractivity contribution in [3.63, 3.8) is 0 Å². The Balaban J connectivity index is 2.11. The Kier molecular flexibility index (Phi) is 4.38. The van der Waals surface area contributed by atoms with Crippen molar-refractivity contribution in [3.8, 4) is 0 Å². The molecule has 0 aromatic heterocycles. The minimum atomic E-state index is -0.512. The van der Waals surface area contributed by atoms with Gasteiger partial charge in [0.05, 0.1) is 5.56 Å². The van der Waals surface area contributed by atoms with Crippen LogP contribution >= 0.6 is 11.6 Å². The fraction of sp³-hybridized carbons (Fsp3) is 0.562. The quantitative estimate of drug-likeness (QED) is 0.786. The number of rotatable bonds is 2. The van der Waals surface area contributed by atoms with E-state index in [1.807, 2.05) is 0 Å². The second-order valence-corrected chi connectivity index (χ2v) is 6.87. The molecule has 0 spiro atoms. The van der Waals surface area contributed by atoms with Crippen molar-refractivity contribution in [3.05, 3.63) is 34.6 Å². The second-order valence-electron chi connectivity index (χ2n) is 6.44. The molecule has 0 atom stereocenters. The smallest absolute Gasteiger partial charge is 0.256 e. The summed E-state index contributed by atoms with van der Waals surface area (Å²) in [5.74, 6) is -0.794. The Morgan fingerprint density at radius 3 is 2.55 bits per heavy atom. The molecule has 0 bridgehead atoms. The topological polar surface area (TPSA) is 20.3 Å². The molecule has 1 aromatic carbocycles. The largest absolute Gasteiger partial charge is 0.339 e. The molecule has 1 fully saturated rings. The molecule has 0 heterocycles. The van der Waals surface area contributed by atoms with E-state index in [1.54, 1.807) is 11.9 Å². The van der Waals surface area contributed by atoms with Gasteiger partial charge < -0.3 is 4.90 Å². The molecule has 1 amide bonds. The SMILES string of the molecule is CN(C(=O)c1cc(Cl)ccc1F)C1CCC(C)(C)CC1. The summed E-state index contributed by atoms with van der Waals surface area (Å²) >= 11 is 5.85. The maximum absolute atomic E-state index is 13.8. The molecule has 20 heavy (non-hydrogen) atoms. The van der Waals surface area contributed by atoms with Crippen LogP contribution in [0.5, 0.6) is 0 Å². The minimum Gasteiger partial charge on any atom is -0.339 e. The van der Waals surface area contributed by atoms with Crippen LogP contribution in [0.1, 0.15) is 49.9 Å². The van der Waals surface area contributed by atoms with Crippen LogP contribution in [0.3, 0.4) is 0 Å². The third-order valence-corrected chi connectivity index (χ3v) is 4.57. The number of carbonyl (C=O) groups excluding carboxylic acids is 1. The molecule has 1 aliphatic rings. The van der Waals surface area contributed by atoms with Gasteiger partial charge in [-0.1, -0.05) is 25.4 Å². The van der Waals surface area contributed by atoms with E-state index in [-0.39, 0.29) is 17.5 Å². The van der Waals surface area contributed by atoms with Crippen LogP contribution in [0.25, 0.3) is 0 Å². The Morgan fingerprint density at radius 2 is 1.95 bits per heavy atom. The lowest BCUT2D eigenvalue weighted by Crippen LogP contribution is -2.41. The molecule has 4 heteroatoms. The van der Waals surface area contributed by atoms with Crippen LogP contribution < -0.4 is 0 Å². The number of halogens is 2. The van der Waals surface area contributed by atoms with Gasteiger partial charge in [0, 0.05) is 18.1 Å². The number of carbonyl (C=O) groups is 1. The average Bonchev–Trinajstić information content (AvgIpc) is 2.40. The first-order chi connectivity index (χ1) is 9.30. The van der Waals surface area contributed by atoms with Gasteiger partial charge in [-0.15, -0.1) is 0 Å². The monoisotopic (exact) mass is 297 g/mol. The molecular weight excluding hydrogens is 277 g/mol. The third-order valence-electron chi connectivity index (χ3n) is 4.34. The number of hydrogen-bond donors (Lipinski definition) is 0. The molecule has 2 rings (SSSR count). The zero-order valence-electron chi connectivity index (χ0n) is 12.2. The van der Waals surface area contributed by atoms with Crippen LogP contribution in [0.4, 0.5) is 4.39 Å². The van der Waals surface area contributed by atoms with Gasteiger partial charge in [-0.25, -0.2) is 4.39 Å². The lowest BCUT2D eigenvalue weighted by atomic mass is 9.75. The highest BCUT2D eigenvalue weighted by Crippen LogP contribution is 2.37. The first-order valence-electron chi connectivity index (χ1n) is 7.02. The lowest BCUT2D eigenvalue weighted by Gasteiger charge is -2.38. The maximum Gasteiger partial charge on any atom is 0.256 e. The van der Waals surface area contributed by atoms with Gasteiger partial charge in [-0.3, -0.25) is 4.79 Å². The number of benzene rings is 1. The molecule has 0 radical (unpaired) electrons. The molecule has 0 unspecified atom stereocenters. The first kappa shape index (κ1) is 15.3. The fourth-order valence-corrected chi connectivity index (χ4v) is 2.96. The third kappa shape index (κ3) is 3.32. The summed E-state index contributed by atoms with van der Waals surface area (Å²) in [5.41, 5.74) is 0.409. The van der Waals surface area contributed by atoms with Gasteiger partial charge in [0.15, 0.2) is 0 Å². The van der Waals surface area contributed by atoms with E-state index in [0.717, 1.165) is 25.7 Å². The standard InChI is InChI=1S/C16H21ClFNO/c1-16(2)8-6-12(7-9-16)19(3)15(20)13-10-11(17)4-5-14(13)18/h4-5,10,12H,6-9H2,1-3H3. The zero-order chi connectivity index (χ0) is 14.9. The van der Waals surface area contributed by atoms with E-state index in [4.69, 9.17) is 11.6 Å². The first-order valence-corrected chi connectivity index (χ1v) is 7.40. The van der Waals surface area contributed by atoms with Crippen molar-refractivity contribution in [1.29, 1.82) is 0 Å². The van der Waals surface area contributed by atoms with Gasteiger partial charge in [0.2, 0.25) is 0 Å². The summed E-state index contributed by atoms with van der Waals surface area (Å²) in [6, 6.07) is 4.29. The summed E-state index contributed by atoms with van der Waals surface area (Å²) in [6.07, 6.45) is 4.12. The highest BCUT2D eigenvalue weighted by atomic mass is 35.5. The van der Waals surface area contributed by atoms with Crippen molar-refractivity contribution >= 4 is 17.5 Å². The van der Waals surface area contributed by atoms with Crippen molar-refractivity contribution in [2.75, 3.05) is 7.05 Å². The predicted octanol–water partition coefficient (Wildman–Crippen LogP) is 4.52. The number of nitrogens with zero attached hydrogens (tertiary/aromatic N) is 1. The van der Waals surface area contributed by atoms with Crippen LogP contribution in [-0.4, -0.2) is 23.9 Å². The molecular formula is C16H21ClFNO. The van der Waals surface area contributed by atoms with Crippen LogP contribution in [-0.2, 0) is 0 Å². The van der Waals surface area contributed by atoms with E-state index in [9.17, 15) is 9.18 Å². The maximum atomic E-state index is 13.8.